The molecule has 44 heavy (non-hydrogen) atoms. The molecule has 1 fully saturated rings. The summed E-state index contributed by atoms with van der Waals surface area (Å²) in [7, 11) is -3.89. The van der Waals surface area contributed by atoms with Crippen LogP contribution in [0.4, 0.5) is 0 Å². The average Bonchev–Trinajstić information content (AvgIpc) is 3.70. The van der Waals surface area contributed by atoms with E-state index >= 15 is 0 Å². The third-order valence-corrected chi connectivity index (χ3v) is 9.33. The van der Waals surface area contributed by atoms with Crippen LogP contribution in [0, 0.1) is 0 Å². The molecule has 0 spiro atoms. The highest BCUT2D eigenvalue weighted by Gasteiger charge is 2.48. The molecular formula is C36H35NO6S. The highest BCUT2D eigenvalue weighted by Crippen LogP contribution is 2.39. The van der Waals surface area contributed by atoms with Gasteiger partial charge in [-0.1, -0.05) is 109 Å². The molecule has 6 rings (SSSR count). The predicted octanol–water partition coefficient (Wildman–Crippen LogP) is 6.55. The second-order valence-electron chi connectivity index (χ2n) is 10.7. The molecule has 8 heteroatoms. The largest absolute Gasteiger partial charge is 0.374 e. The van der Waals surface area contributed by atoms with Crippen LogP contribution in [0.5, 0.6) is 0 Å². The molecule has 4 atom stereocenters. The van der Waals surface area contributed by atoms with E-state index in [1.165, 1.54) is 3.97 Å². The number of hydrogen-bond acceptors (Lipinski definition) is 6. The SMILES string of the molecule is O=S(=O)(c1ccccc1)n1cccc1C1O[C@H](COCc2ccccc2)[C@@H](OCc2ccccc2)[C@H]1OCc1ccccc1. The van der Waals surface area contributed by atoms with E-state index in [0.29, 0.717) is 25.5 Å². The number of hydrogen-bond donors (Lipinski definition) is 0. The van der Waals surface area contributed by atoms with Gasteiger partial charge in [0.1, 0.15) is 24.4 Å². The Morgan fingerprint density at radius 3 is 1.66 bits per heavy atom. The van der Waals surface area contributed by atoms with Gasteiger partial charge in [0.2, 0.25) is 0 Å². The zero-order chi connectivity index (χ0) is 30.2. The minimum absolute atomic E-state index is 0.192. The molecule has 4 aromatic carbocycles. The summed E-state index contributed by atoms with van der Waals surface area (Å²) < 4.78 is 54.8. The number of ether oxygens (including phenoxy) is 4. The van der Waals surface area contributed by atoms with Gasteiger partial charge in [-0.3, -0.25) is 0 Å². The standard InChI is InChI=1S/C36H35NO6S/c38-44(39,31-20-11-4-12-21-31)37-23-13-22-32(37)34-36(42-26-30-18-9-3-10-19-30)35(41-25-29-16-7-2-8-17-29)33(43-34)27-40-24-28-14-5-1-6-15-28/h1-23,33-36H,24-27H2/t33-,34?,35-,36+/m1/s1. The van der Waals surface area contributed by atoms with Gasteiger partial charge in [-0.15, -0.1) is 0 Å². The summed E-state index contributed by atoms with van der Waals surface area (Å²) in [6, 6.07) is 41.6. The minimum atomic E-state index is -3.89. The Kier molecular flexibility index (Phi) is 9.65. The fourth-order valence-corrected chi connectivity index (χ4v) is 6.81. The Labute approximate surface area is 258 Å². The van der Waals surface area contributed by atoms with Crippen molar-refractivity contribution >= 4 is 10.0 Å². The number of benzene rings is 4. The zero-order valence-corrected chi connectivity index (χ0v) is 25.0. The number of rotatable bonds is 13. The maximum Gasteiger partial charge on any atom is 0.267 e. The van der Waals surface area contributed by atoms with E-state index in [9.17, 15) is 8.42 Å². The van der Waals surface area contributed by atoms with Crippen molar-refractivity contribution < 1.29 is 27.4 Å². The molecule has 0 radical (unpaired) electrons. The predicted molar refractivity (Wildman–Crippen MR) is 167 cm³/mol. The van der Waals surface area contributed by atoms with Crippen molar-refractivity contribution in [3.05, 3.63) is 162 Å². The molecular weight excluding hydrogens is 574 g/mol. The summed E-state index contributed by atoms with van der Waals surface area (Å²) in [6.45, 7) is 1.29. The monoisotopic (exact) mass is 609 g/mol. The highest BCUT2D eigenvalue weighted by atomic mass is 32.2. The van der Waals surface area contributed by atoms with Crippen LogP contribution >= 0.6 is 0 Å². The van der Waals surface area contributed by atoms with E-state index < -0.39 is 34.4 Å². The first kappa shape index (κ1) is 30.0. The quantitative estimate of drug-likeness (QED) is 0.151. The van der Waals surface area contributed by atoms with E-state index in [1.54, 1.807) is 48.7 Å². The molecule has 7 nitrogen and oxygen atoms in total. The Bertz CT molecular complexity index is 1700. The van der Waals surface area contributed by atoms with Crippen molar-refractivity contribution in [3.63, 3.8) is 0 Å². The second-order valence-corrected chi connectivity index (χ2v) is 12.5. The number of nitrogens with zero attached hydrogens (tertiary/aromatic N) is 1. The summed E-state index contributed by atoms with van der Waals surface area (Å²) >= 11 is 0. The summed E-state index contributed by atoms with van der Waals surface area (Å²) in [5, 5.41) is 0. The summed E-state index contributed by atoms with van der Waals surface area (Å²) in [4.78, 5) is 0.192. The molecule has 0 bridgehead atoms. The normalized spacial score (nSPS) is 20.1. The molecule has 226 valence electrons. The lowest BCUT2D eigenvalue weighted by atomic mass is 10.0. The van der Waals surface area contributed by atoms with Gasteiger partial charge >= 0.3 is 0 Å². The first-order chi connectivity index (χ1) is 21.6. The first-order valence-electron chi connectivity index (χ1n) is 14.7. The van der Waals surface area contributed by atoms with Gasteiger partial charge in [0.25, 0.3) is 10.0 Å². The van der Waals surface area contributed by atoms with Crippen LogP contribution in [0.25, 0.3) is 0 Å². The van der Waals surface area contributed by atoms with E-state index in [4.69, 9.17) is 18.9 Å². The highest BCUT2D eigenvalue weighted by molar-refractivity contribution is 7.90. The Morgan fingerprint density at radius 1 is 0.591 bits per heavy atom. The van der Waals surface area contributed by atoms with Crippen molar-refractivity contribution in [2.75, 3.05) is 6.61 Å². The van der Waals surface area contributed by atoms with Crippen LogP contribution in [-0.4, -0.2) is 37.3 Å². The van der Waals surface area contributed by atoms with Gasteiger partial charge in [-0.25, -0.2) is 12.4 Å². The van der Waals surface area contributed by atoms with Crippen LogP contribution in [0.15, 0.2) is 145 Å². The molecule has 2 heterocycles. The van der Waals surface area contributed by atoms with Crippen molar-refractivity contribution in [3.8, 4) is 0 Å². The third-order valence-electron chi connectivity index (χ3n) is 7.61. The topological polar surface area (TPSA) is 76.0 Å². The van der Waals surface area contributed by atoms with E-state index in [0.717, 1.165) is 16.7 Å². The third kappa shape index (κ3) is 7.01. The lowest BCUT2D eigenvalue weighted by Gasteiger charge is -2.26. The summed E-state index contributed by atoms with van der Waals surface area (Å²) in [5.74, 6) is 0. The maximum absolute atomic E-state index is 13.8. The molecule has 1 saturated heterocycles. The number of aromatic nitrogens is 1. The molecule has 1 aliphatic rings. The molecule has 0 amide bonds. The molecule has 1 unspecified atom stereocenters. The van der Waals surface area contributed by atoms with Gasteiger partial charge < -0.3 is 18.9 Å². The minimum Gasteiger partial charge on any atom is -0.374 e. The molecule has 1 aliphatic heterocycles. The molecule has 0 N–H and O–H groups in total. The Morgan fingerprint density at radius 2 is 1.09 bits per heavy atom. The van der Waals surface area contributed by atoms with Crippen molar-refractivity contribution in [1.82, 2.24) is 3.97 Å². The van der Waals surface area contributed by atoms with Gasteiger partial charge in [0, 0.05) is 6.20 Å². The van der Waals surface area contributed by atoms with E-state index in [2.05, 4.69) is 0 Å². The summed E-state index contributed by atoms with van der Waals surface area (Å²) in [5.41, 5.74) is 3.51. The smallest absolute Gasteiger partial charge is 0.267 e. The molecule has 0 aliphatic carbocycles. The van der Waals surface area contributed by atoms with Crippen molar-refractivity contribution in [2.24, 2.45) is 0 Å². The summed E-state index contributed by atoms with van der Waals surface area (Å²) in [6.07, 6.45) is -0.866. The molecule has 5 aromatic rings. The lowest BCUT2D eigenvalue weighted by molar-refractivity contribution is -0.0898. The van der Waals surface area contributed by atoms with E-state index in [1.807, 2.05) is 91.0 Å². The molecule has 1 aromatic heterocycles. The fraction of sp³-hybridized carbons (Fsp3) is 0.222. The second kappa shape index (κ2) is 14.2. The molecule has 0 saturated carbocycles. The Balaban J connectivity index is 1.32. The van der Waals surface area contributed by atoms with Crippen molar-refractivity contribution in [2.45, 2.75) is 49.1 Å². The van der Waals surface area contributed by atoms with E-state index in [-0.39, 0.29) is 11.5 Å². The van der Waals surface area contributed by atoms with Crippen LogP contribution < -0.4 is 0 Å². The van der Waals surface area contributed by atoms with Gasteiger partial charge in [-0.2, -0.15) is 0 Å². The Hall–Kier alpha value is -4.05. The first-order valence-corrected chi connectivity index (χ1v) is 16.1. The van der Waals surface area contributed by atoms with Crippen LogP contribution in [-0.2, 0) is 48.8 Å². The van der Waals surface area contributed by atoms with Gasteiger partial charge in [0.15, 0.2) is 0 Å². The van der Waals surface area contributed by atoms with Crippen LogP contribution in [0.3, 0.4) is 0 Å². The fourth-order valence-electron chi connectivity index (χ4n) is 5.41. The zero-order valence-electron chi connectivity index (χ0n) is 24.2. The van der Waals surface area contributed by atoms with Gasteiger partial charge in [0.05, 0.1) is 37.0 Å². The van der Waals surface area contributed by atoms with Crippen LogP contribution in [0.2, 0.25) is 0 Å². The van der Waals surface area contributed by atoms with Gasteiger partial charge in [-0.05, 0) is 41.0 Å². The average molecular weight is 610 g/mol. The lowest BCUT2D eigenvalue weighted by Crippen LogP contribution is -2.38. The maximum atomic E-state index is 13.8. The van der Waals surface area contributed by atoms with Crippen molar-refractivity contribution in [1.29, 1.82) is 0 Å². The van der Waals surface area contributed by atoms with Crippen LogP contribution in [0.1, 0.15) is 28.5 Å².